The molecule has 0 aliphatic heterocycles. The molecule has 2 nitrogen and oxygen atoms in total. The van der Waals surface area contributed by atoms with E-state index in [1.165, 1.54) is 11.1 Å². The fourth-order valence-corrected chi connectivity index (χ4v) is 1.85. The highest BCUT2D eigenvalue weighted by molar-refractivity contribution is 5.28. The van der Waals surface area contributed by atoms with Gasteiger partial charge in [0.25, 0.3) is 0 Å². The van der Waals surface area contributed by atoms with Crippen molar-refractivity contribution in [1.29, 1.82) is 0 Å². The Hall–Kier alpha value is -0.860. The second-order valence-electron chi connectivity index (χ2n) is 5.34. The largest absolute Gasteiger partial charge is 0.309 e. The summed E-state index contributed by atoms with van der Waals surface area (Å²) in [7, 11) is 8.55. The predicted molar refractivity (Wildman–Crippen MR) is 75.6 cm³/mol. The molecular formula is C15H26N2. The van der Waals surface area contributed by atoms with Crippen LogP contribution in [0.2, 0.25) is 0 Å². The summed E-state index contributed by atoms with van der Waals surface area (Å²) >= 11 is 0. The molecule has 1 aromatic rings. The molecule has 0 radical (unpaired) electrons. The van der Waals surface area contributed by atoms with Gasteiger partial charge in [-0.2, -0.15) is 0 Å². The molecule has 0 saturated heterocycles. The number of nitrogens with zero attached hydrogens (tertiary/aromatic N) is 2. The summed E-state index contributed by atoms with van der Waals surface area (Å²) in [5.74, 6) is 0. The maximum absolute atomic E-state index is 2.28. The van der Waals surface area contributed by atoms with Gasteiger partial charge in [-0.1, -0.05) is 24.3 Å². The van der Waals surface area contributed by atoms with Crippen LogP contribution in [-0.2, 0) is 12.8 Å². The Morgan fingerprint density at radius 2 is 1.59 bits per heavy atom. The van der Waals surface area contributed by atoms with Gasteiger partial charge in [-0.25, -0.2) is 0 Å². The highest BCUT2D eigenvalue weighted by atomic mass is 15.1. The van der Waals surface area contributed by atoms with Crippen molar-refractivity contribution in [3.05, 3.63) is 35.4 Å². The third kappa shape index (κ3) is 4.88. The minimum Gasteiger partial charge on any atom is -0.309 e. The lowest BCUT2D eigenvalue weighted by atomic mass is 9.98. The number of likely N-dealkylation sites (N-methyl/N-ethyl adjacent to an activating group) is 2. The molecule has 0 bridgehead atoms. The molecule has 0 aliphatic carbocycles. The van der Waals surface area contributed by atoms with E-state index in [4.69, 9.17) is 0 Å². The van der Waals surface area contributed by atoms with Crippen LogP contribution in [0.25, 0.3) is 0 Å². The third-order valence-corrected chi connectivity index (χ3v) is 3.34. The first-order chi connectivity index (χ1) is 8.00. The van der Waals surface area contributed by atoms with Crippen molar-refractivity contribution in [1.82, 2.24) is 9.80 Å². The van der Waals surface area contributed by atoms with Crippen LogP contribution < -0.4 is 0 Å². The molecule has 0 heterocycles. The topological polar surface area (TPSA) is 6.48 Å². The zero-order chi connectivity index (χ0) is 12.8. The van der Waals surface area contributed by atoms with Gasteiger partial charge >= 0.3 is 0 Å². The van der Waals surface area contributed by atoms with Crippen LogP contribution in [0.4, 0.5) is 0 Å². The fraction of sp³-hybridized carbons (Fsp3) is 0.600. The van der Waals surface area contributed by atoms with Crippen molar-refractivity contribution in [2.45, 2.75) is 25.8 Å². The minimum atomic E-state index is 0.593. The average molecular weight is 234 g/mol. The van der Waals surface area contributed by atoms with Gasteiger partial charge in [-0.05, 0) is 59.1 Å². The van der Waals surface area contributed by atoms with Crippen molar-refractivity contribution in [2.24, 2.45) is 0 Å². The maximum Gasteiger partial charge on any atom is 0.0101 e. The Kier molecular flexibility index (Phi) is 5.66. The summed E-state index contributed by atoms with van der Waals surface area (Å²) in [6, 6.07) is 9.42. The van der Waals surface area contributed by atoms with Gasteiger partial charge < -0.3 is 9.80 Å². The Morgan fingerprint density at radius 1 is 1.00 bits per heavy atom. The Labute approximate surface area is 106 Å². The van der Waals surface area contributed by atoms with Gasteiger partial charge in [-0.3, -0.25) is 0 Å². The molecule has 96 valence electrons. The van der Waals surface area contributed by atoms with E-state index in [1.54, 1.807) is 0 Å². The Morgan fingerprint density at radius 3 is 2.12 bits per heavy atom. The summed E-state index contributed by atoms with van der Waals surface area (Å²) in [6.45, 7) is 3.40. The quantitative estimate of drug-likeness (QED) is 0.745. The number of rotatable bonds is 6. The molecule has 0 saturated carbocycles. The lowest BCUT2D eigenvalue weighted by Gasteiger charge is -2.21. The van der Waals surface area contributed by atoms with Crippen LogP contribution in [0, 0.1) is 0 Å². The van der Waals surface area contributed by atoms with Gasteiger partial charge in [0, 0.05) is 12.6 Å². The van der Waals surface area contributed by atoms with E-state index in [0.29, 0.717) is 6.04 Å². The first kappa shape index (κ1) is 14.2. The van der Waals surface area contributed by atoms with Crippen LogP contribution >= 0.6 is 0 Å². The third-order valence-electron chi connectivity index (χ3n) is 3.34. The van der Waals surface area contributed by atoms with Gasteiger partial charge in [0.05, 0.1) is 0 Å². The van der Waals surface area contributed by atoms with Crippen LogP contribution in [0.5, 0.6) is 0 Å². The number of hydrogen-bond donors (Lipinski definition) is 0. The van der Waals surface area contributed by atoms with Crippen LogP contribution in [0.15, 0.2) is 24.3 Å². The summed E-state index contributed by atoms with van der Waals surface area (Å²) < 4.78 is 0. The summed E-state index contributed by atoms with van der Waals surface area (Å²) in [5.41, 5.74) is 2.99. The summed E-state index contributed by atoms with van der Waals surface area (Å²) in [6.07, 6.45) is 2.28. The molecule has 1 unspecified atom stereocenters. The van der Waals surface area contributed by atoms with E-state index in [9.17, 15) is 0 Å². The van der Waals surface area contributed by atoms with Crippen molar-refractivity contribution < 1.29 is 0 Å². The molecule has 0 aromatic heterocycles. The van der Waals surface area contributed by atoms with E-state index >= 15 is 0 Å². The van der Waals surface area contributed by atoms with E-state index in [-0.39, 0.29) is 0 Å². The molecule has 1 atom stereocenters. The van der Waals surface area contributed by atoms with Crippen molar-refractivity contribution in [3.63, 3.8) is 0 Å². The van der Waals surface area contributed by atoms with E-state index in [0.717, 1.165) is 19.4 Å². The van der Waals surface area contributed by atoms with E-state index < -0.39 is 0 Å². The zero-order valence-corrected chi connectivity index (χ0v) is 11.9. The molecule has 0 aliphatic rings. The second-order valence-corrected chi connectivity index (χ2v) is 5.34. The first-order valence-electron chi connectivity index (χ1n) is 6.38. The summed E-state index contributed by atoms with van der Waals surface area (Å²) in [5, 5.41) is 0. The molecule has 17 heavy (non-hydrogen) atoms. The Bertz CT molecular complexity index is 331. The lowest BCUT2D eigenvalue weighted by molar-refractivity contribution is 0.311. The molecule has 0 spiro atoms. The standard InChI is InChI=1S/C15H26N2/c1-13(17(4)5)12-15-9-7-6-8-14(15)10-11-16(2)3/h6-9,13H,10-12H2,1-5H3. The predicted octanol–water partition coefficient (Wildman–Crippen LogP) is 2.28. The molecule has 0 fully saturated rings. The highest BCUT2D eigenvalue weighted by Crippen LogP contribution is 2.13. The molecule has 0 amide bonds. The average Bonchev–Trinajstić information content (AvgIpc) is 2.27. The van der Waals surface area contributed by atoms with Crippen LogP contribution in [0.3, 0.4) is 0 Å². The first-order valence-corrected chi connectivity index (χ1v) is 6.38. The van der Waals surface area contributed by atoms with Crippen LogP contribution in [-0.4, -0.2) is 50.6 Å². The fourth-order valence-electron chi connectivity index (χ4n) is 1.85. The highest BCUT2D eigenvalue weighted by Gasteiger charge is 2.09. The molecule has 1 rings (SSSR count). The monoisotopic (exact) mass is 234 g/mol. The van der Waals surface area contributed by atoms with Gasteiger partial charge in [-0.15, -0.1) is 0 Å². The number of benzene rings is 1. The van der Waals surface area contributed by atoms with E-state index in [2.05, 4.69) is 69.2 Å². The van der Waals surface area contributed by atoms with Crippen molar-refractivity contribution in [3.8, 4) is 0 Å². The molecule has 1 aromatic carbocycles. The van der Waals surface area contributed by atoms with Crippen LogP contribution in [0.1, 0.15) is 18.1 Å². The van der Waals surface area contributed by atoms with Gasteiger partial charge in [0.1, 0.15) is 0 Å². The van der Waals surface area contributed by atoms with Crippen molar-refractivity contribution in [2.75, 3.05) is 34.7 Å². The van der Waals surface area contributed by atoms with E-state index in [1.807, 2.05) is 0 Å². The SMILES string of the molecule is CC(Cc1ccccc1CCN(C)C)N(C)C. The Balaban J connectivity index is 2.70. The molecule has 0 N–H and O–H groups in total. The minimum absolute atomic E-state index is 0.593. The van der Waals surface area contributed by atoms with Gasteiger partial charge in [0.15, 0.2) is 0 Å². The molecular weight excluding hydrogens is 208 g/mol. The van der Waals surface area contributed by atoms with Crippen molar-refractivity contribution >= 4 is 0 Å². The molecule has 2 heteroatoms. The second kappa shape index (κ2) is 6.77. The maximum atomic E-state index is 2.28. The zero-order valence-electron chi connectivity index (χ0n) is 11.9. The smallest absolute Gasteiger partial charge is 0.0101 e. The number of hydrogen-bond acceptors (Lipinski definition) is 2. The normalized spacial score (nSPS) is 13.4. The van der Waals surface area contributed by atoms with Gasteiger partial charge in [0.2, 0.25) is 0 Å². The summed E-state index contributed by atoms with van der Waals surface area (Å²) in [4.78, 5) is 4.52. The lowest BCUT2D eigenvalue weighted by Crippen LogP contribution is -2.27.